The monoisotopic (exact) mass is 272 g/mol. The molecule has 0 saturated carbocycles. The highest BCUT2D eigenvalue weighted by atomic mass is 32.2. The van der Waals surface area contributed by atoms with Crippen molar-refractivity contribution in [2.45, 2.75) is 57.7 Å². The molecule has 0 atom stereocenters. The van der Waals surface area contributed by atoms with Crippen LogP contribution in [0.15, 0.2) is 6.20 Å². The number of nitrogens with zero attached hydrogens (tertiary/aromatic N) is 1. The van der Waals surface area contributed by atoms with E-state index in [1.165, 1.54) is 18.5 Å². The van der Waals surface area contributed by atoms with Crippen molar-refractivity contribution in [2.75, 3.05) is 6.26 Å². The van der Waals surface area contributed by atoms with Gasteiger partial charge in [0.25, 0.3) is 0 Å². The maximum atomic E-state index is 5.40. The SMILES string of the molecule is CCC(CC)(Cn1c(C(C)C)c[nH]c1=S)SC. The first-order valence-electron chi connectivity index (χ1n) is 6.33. The standard InChI is InChI=1S/C13H24N2S2/c1-6-13(7-2,17-5)9-15-11(10(3)4)8-14-12(15)16/h8,10H,6-7,9H2,1-5H3,(H,14,16). The van der Waals surface area contributed by atoms with Gasteiger partial charge in [0.2, 0.25) is 0 Å². The summed E-state index contributed by atoms with van der Waals surface area (Å²) in [5.41, 5.74) is 1.32. The Labute approximate surface area is 114 Å². The second kappa shape index (κ2) is 6.10. The quantitative estimate of drug-likeness (QED) is 0.764. The third kappa shape index (κ3) is 3.16. The van der Waals surface area contributed by atoms with Crippen molar-refractivity contribution in [1.82, 2.24) is 9.55 Å². The molecule has 1 N–H and O–H groups in total. The zero-order valence-electron chi connectivity index (χ0n) is 11.5. The summed E-state index contributed by atoms with van der Waals surface area (Å²) >= 11 is 7.37. The number of rotatable bonds is 6. The summed E-state index contributed by atoms with van der Waals surface area (Å²) < 4.78 is 3.45. The predicted octanol–water partition coefficient (Wildman–Crippen LogP) is 4.59. The lowest BCUT2D eigenvalue weighted by molar-refractivity contribution is 0.451. The van der Waals surface area contributed by atoms with Crippen LogP contribution in [0.1, 0.15) is 52.1 Å². The zero-order chi connectivity index (χ0) is 13.1. The summed E-state index contributed by atoms with van der Waals surface area (Å²) in [7, 11) is 0. The van der Waals surface area contributed by atoms with Crippen LogP contribution in [0.2, 0.25) is 0 Å². The number of aromatic amines is 1. The van der Waals surface area contributed by atoms with E-state index < -0.39 is 0 Å². The Hall–Kier alpha value is -0.220. The lowest BCUT2D eigenvalue weighted by Crippen LogP contribution is -2.30. The van der Waals surface area contributed by atoms with Crippen molar-refractivity contribution in [1.29, 1.82) is 0 Å². The summed E-state index contributed by atoms with van der Waals surface area (Å²) in [4.78, 5) is 3.18. The number of nitrogens with one attached hydrogen (secondary N) is 1. The lowest BCUT2D eigenvalue weighted by Gasteiger charge is -2.31. The van der Waals surface area contributed by atoms with E-state index in [1.807, 2.05) is 11.8 Å². The third-order valence-corrected chi connectivity index (χ3v) is 5.57. The molecule has 1 aromatic rings. The van der Waals surface area contributed by atoms with Crippen LogP contribution in [0.4, 0.5) is 0 Å². The van der Waals surface area contributed by atoms with Crippen LogP contribution in [0.25, 0.3) is 0 Å². The molecule has 17 heavy (non-hydrogen) atoms. The molecule has 0 radical (unpaired) electrons. The molecular formula is C13H24N2S2. The highest BCUT2D eigenvalue weighted by Crippen LogP contribution is 2.33. The molecule has 0 spiro atoms. The number of H-pyrrole nitrogens is 1. The first-order chi connectivity index (χ1) is 7.99. The van der Waals surface area contributed by atoms with E-state index in [2.05, 4.69) is 49.7 Å². The Kier molecular flexibility index (Phi) is 5.32. The van der Waals surface area contributed by atoms with Gasteiger partial charge in [0.05, 0.1) is 0 Å². The molecule has 1 heterocycles. The minimum Gasteiger partial charge on any atom is -0.337 e. The van der Waals surface area contributed by atoms with E-state index in [1.54, 1.807) is 0 Å². The molecule has 0 aliphatic rings. The van der Waals surface area contributed by atoms with Gasteiger partial charge in [-0.05, 0) is 37.2 Å². The average molecular weight is 272 g/mol. The van der Waals surface area contributed by atoms with Gasteiger partial charge in [-0.15, -0.1) is 0 Å². The molecule has 98 valence electrons. The fourth-order valence-electron chi connectivity index (χ4n) is 2.17. The molecule has 0 aliphatic carbocycles. The fraction of sp³-hybridized carbons (Fsp3) is 0.769. The van der Waals surface area contributed by atoms with Crippen molar-refractivity contribution < 1.29 is 0 Å². The molecule has 0 amide bonds. The fourth-order valence-corrected chi connectivity index (χ4v) is 3.23. The van der Waals surface area contributed by atoms with Crippen molar-refractivity contribution in [3.8, 4) is 0 Å². The van der Waals surface area contributed by atoms with E-state index in [0.717, 1.165) is 11.3 Å². The topological polar surface area (TPSA) is 20.7 Å². The second-order valence-electron chi connectivity index (χ2n) is 4.85. The Bertz CT molecular complexity index is 392. The van der Waals surface area contributed by atoms with Crippen LogP contribution in [-0.4, -0.2) is 20.6 Å². The highest BCUT2D eigenvalue weighted by Gasteiger charge is 2.27. The molecule has 0 unspecified atom stereocenters. The van der Waals surface area contributed by atoms with Crippen LogP contribution >= 0.6 is 24.0 Å². The van der Waals surface area contributed by atoms with Gasteiger partial charge in [0.1, 0.15) is 0 Å². The van der Waals surface area contributed by atoms with Crippen LogP contribution in [0.5, 0.6) is 0 Å². The minimum atomic E-state index is 0.310. The van der Waals surface area contributed by atoms with Gasteiger partial charge in [0.15, 0.2) is 4.77 Å². The third-order valence-electron chi connectivity index (χ3n) is 3.66. The van der Waals surface area contributed by atoms with Crippen molar-refractivity contribution in [3.05, 3.63) is 16.7 Å². The summed E-state index contributed by atoms with van der Waals surface area (Å²) in [5, 5.41) is 0. The zero-order valence-corrected chi connectivity index (χ0v) is 13.2. The summed E-state index contributed by atoms with van der Waals surface area (Å²) in [6.07, 6.45) is 6.62. The smallest absolute Gasteiger partial charge is 0.177 e. The van der Waals surface area contributed by atoms with Gasteiger partial charge in [-0.25, -0.2) is 0 Å². The Morgan fingerprint density at radius 2 is 2.00 bits per heavy atom. The van der Waals surface area contributed by atoms with E-state index in [9.17, 15) is 0 Å². The maximum absolute atomic E-state index is 5.40. The van der Waals surface area contributed by atoms with Crippen molar-refractivity contribution in [2.24, 2.45) is 0 Å². The second-order valence-corrected chi connectivity index (χ2v) is 6.51. The molecule has 0 bridgehead atoms. The lowest BCUT2D eigenvalue weighted by atomic mass is 10.0. The van der Waals surface area contributed by atoms with E-state index in [0.29, 0.717) is 10.7 Å². The van der Waals surface area contributed by atoms with E-state index in [4.69, 9.17) is 12.2 Å². The van der Waals surface area contributed by atoms with Crippen molar-refractivity contribution >= 4 is 24.0 Å². The van der Waals surface area contributed by atoms with Crippen LogP contribution in [-0.2, 0) is 6.54 Å². The van der Waals surface area contributed by atoms with Gasteiger partial charge in [-0.2, -0.15) is 11.8 Å². The largest absolute Gasteiger partial charge is 0.337 e. The summed E-state index contributed by atoms with van der Waals surface area (Å²) in [6.45, 7) is 9.98. The van der Waals surface area contributed by atoms with Crippen LogP contribution in [0, 0.1) is 4.77 Å². The van der Waals surface area contributed by atoms with Gasteiger partial charge in [0, 0.05) is 23.2 Å². The number of imidazole rings is 1. The van der Waals surface area contributed by atoms with E-state index in [-0.39, 0.29) is 0 Å². The van der Waals surface area contributed by atoms with Crippen LogP contribution in [0.3, 0.4) is 0 Å². The average Bonchev–Trinajstić information content (AvgIpc) is 2.68. The number of aromatic nitrogens is 2. The number of hydrogen-bond acceptors (Lipinski definition) is 2. The summed E-state index contributed by atoms with van der Waals surface area (Å²) in [5.74, 6) is 0.510. The van der Waals surface area contributed by atoms with E-state index >= 15 is 0 Å². The first-order valence-corrected chi connectivity index (χ1v) is 7.96. The van der Waals surface area contributed by atoms with Crippen molar-refractivity contribution in [3.63, 3.8) is 0 Å². The van der Waals surface area contributed by atoms with Gasteiger partial charge in [-0.3, -0.25) is 0 Å². The Morgan fingerprint density at radius 3 is 2.41 bits per heavy atom. The Balaban J connectivity index is 3.09. The van der Waals surface area contributed by atoms with Gasteiger partial charge in [-0.1, -0.05) is 27.7 Å². The van der Waals surface area contributed by atoms with Gasteiger partial charge >= 0.3 is 0 Å². The minimum absolute atomic E-state index is 0.310. The molecule has 2 nitrogen and oxygen atoms in total. The molecule has 4 heteroatoms. The molecule has 0 aliphatic heterocycles. The van der Waals surface area contributed by atoms with Gasteiger partial charge < -0.3 is 9.55 Å². The molecule has 1 aromatic heterocycles. The maximum Gasteiger partial charge on any atom is 0.177 e. The molecule has 0 aromatic carbocycles. The molecule has 0 fully saturated rings. The first kappa shape index (κ1) is 14.8. The Morgan fingerprint density at radius 1 is 1.41 bits per heavy atom. The highest BCUT2D eigenvalue weighted by molar-refractivity contribution is 8.00. The predicted molar refractivity (Wildman–Crippen MR) is 80.5 cm³/mol. The molecule has 0 saturated heterocycles. The number of hydrogen-bond donors (Lipinski definition) is 1. The molecule has 1 rings (SSSR count). The van der Waals surface area contributed by atoms with Crippen LogP contribution < -0.4 is 0 Å². The number of thioether (sulfide) groups is 1. The normalized spacial score (nSPS) is 12.4. The molecular weight excluding hydrogens is 248 g/mol. The summed E-state index contributed by atoms with van der Waals surface area (Å²) in [6, 6.07) is 0.